The van der Waals surface area contributed by atoms with Gasteiger partial charge >= 0.3 is 0 Å². The van der Waals surface area contributed by atoms with Crippen molar-refractivity contribution in [2.45, 2.75) is 25.4 Å². The van der Waals surface area contributed by atoms with Crippen molar-refractivity contribution in [3.63, 3.8) is 0 Å². The summed E-state index contributed by atoms with van der Waals surface area (Å²) in [4.78, 5) is 25.4. The van der Waals surface area contributed by atoms with E-state index in [2.05, 4.69) is 26.6 Å². The van der Waals surface area contributed by atoms with Gasteiger partial charge in [0, 0.05) is 10.9 Å². The minimum atomic E-state index is -0.732. The molecule has 1 unspecified atom stereocenters. The highest BCUT2D eigenvalue weighted by Gasteiger charge is 2.24. The molecule has 0 radical (unpaired) electrons. The second-order valence-electron chi connectivity index (χ2n) is 6.44. The molecule has 3 rings (SSSR count). The molecule has 0 saturated carbocycles. The lowest BCUT2D eigenvalue weighted by Crippen LogP contribution is -2.48. The minimum absolute atomic E-state index is 0.171. The molecule has 1 aromatic heterocycles. The van der Waals surface area contributed by atoms with Crippen molar-refractivity contribution >= 4 is 27.7 Å². The molecule has 0 spiro atoms. The Balaban J connectivity index is 1.75. The quantitative estimate of drug-likeness (QED) is 0.576. The summed E-state index contributed by atoms with van der Waals surface area (Å²) in [5, 5.41) is 5.78. The monoisotopic (exact) mass is 440 g/mol. The molecular weight excluding hydrogens is 420 g/mol. The summed E-state index contributed by atoms with van der Waals surface area (Å²) in [6.45, 7) is 1.91. The first-order valence-electron chi connectivity index (χ1n) is 8.97. The maximum atomic E-state index is 13.0. The van der Waals surface area contributed by atoms with Crippen molar-refractivity contribution in [2.75, 3.05) is 0 Å². The number of nitrogens with one attached hydrogen (secondary N) is 2. The van der Waals surface area contributed by atoms with Crippen molar-refractivity contribution in [2.24, 2.45) is 0 Å². The SMILES string of the molecule is CC(NC(=O)[C@H](Cc1ccccc1)NC(=O)c1ccco1)c1ccccc1Br. The van der Waals surface area contributed by atoms with Gasteiger partial charge in [-0.25, -0.2) is 0 Å². The first kappa shape index (κ1) is 19.9. The molecule has 144 valence electrons. The number of benzene rings is 2. The van der Waals surface area contributed by atoms with E-state index in [1.807, 2.05) is 61.5 Å². The Morgan fingerprint density at radius 1 is 0.964 bits per heavy atom. The molecule has 2 aromatic carbocycles. The summed E-state index contributed by atoms with van der Waals surface area (Å²) in [7, 11) is 0. The van der Waals surface area contributed by atoms with Crippen LogP contribution in [0.4, 0.5) is 0 Å². The summed E-state index contributed by atoms with van der Waals surface area (Å²) >= 11 is 3.51. The Bertz CT molecular complexity index is 926. The van der Waals surface area contributed by atoms with E-state index >= 15 is 0 Å². The molecule has 6 heteroatoms. The number of carbonyl (C=O) groups is 2. The van der Waals surface area contributed by atoms with Crippen LogP contribution < -0.4 is 10.6 Å². The number of amides is 2. The largest absolute Gasteiger partial charge is 0.459 e. The molecular formula is C22H21BrN2O3. The number of hydrogen-bond donors (Lipinski definition) is 2. The number of rotatable bonds is 7. The second kappa shape index (κ2) is 9.37. The zero-order valence-electron chi connectivity index (χ0n) is 15.4. The third kappa shape index (κ3) is 5.10. The third-order valence-electron chi connectivity index (χ3n) is 4.38. The standard InChI is InChI=1S/C22H21BrN2O3/c1-15(17-10-5-6-11-18(17)23)24-21(26)19(14-16-8-3-2-4-9-16)25-22(27)20-12-7-13-28-20/h2-13,15,19H,14H2,1H3,(H,24,26)(H,25,27)/t15?,19-/m0/s1. The van der Waals surface area contributed by atoms with Crippen LogP contribution in [-0.4, -0.2) is 17.9 Å². The highest BCUT2D eigenvalue weighted by molar-refractivity contribution is 9.10. The van der Waals surface area contributed by atoms with Gasteiger partial charge in [-0.3, -0.25) is 9.59 Å². The van der Waals surface area contributed by atoms with E-state index in [1.54, 1.807) is 12.1 Å². The highest BCUT2D eigenvalue weighted by atomic mass is 79.9. The van der Waals surface area contributed by atoms with E-state index in [0.717, 1.165) is 15.6 Å². The maximum Gasteiger partial charge on any atom is 0.287 e. The lowest BCUT2D eigenvalue weighted by Gasteiger charge is -2.22. The number of carbonyl (C=O) groups excluding carboxylic acids is 2. The molecule has 1 heterocycles. The fraction of sp³-hybridized carbons (Fsp3) is 0.182. The van der Waals surface area contributed by atoms with Gasteiger partial charge in [0.05, 0.1) is 12.3 Å². The third-order valence-corrected chi connectivity index (χ3v) is 5.10. The van der Waals surface area contributed by atoms with E-state index in [1.165, 1.54) is 6.26 Å². The lowest BCUT2D eigenvalue weighted by atomic mass is 10.0. The Hall–Kier alpha value is -2.86. The van der Waals surface area contributed by atoms with Gasteiger partial charge in [-0.2, -0.15) is 0 Å². The van der Waals surface area contributed by atoms with Crippen molar-refractivity contribution in [1.29, 1.82) is 0 Å². The van der Waals surface area contributed by atoms with Crippen molar-refractivity contribution < 1.29 is 14.0 Å². The minimum Gasteiger partial charge on any atom is -0.459 e. The van der Waals surface area contributed by atoms with Crippen LogP contribution in [0.1, 0.15) is 34.6 Å². The van der Waals surface area contributed by atoms with E-state index in [4.69, 9.17) is 4.42 Å². The average molecular weight is 441 g/mol. The Kier molecular flexibility index (Phi) is 6.66. The van der Waals surface area contributed by atoms with Gasteiger partial charge in [0.1, 0.15) is 6.04 Å². The van der Waals surface area contributed by atoms with Gasteiger partial charge in [0.2, 0.25) is 5.91 Å². The Morgan fingerprint density at radius 2 is 1.68 bits per heavy atom. The molecule has 2 atom stereocenters. The molecule has 0 saturated heterocycles. The lowest BCUT2D eigenvalue weighted by molar-refractivity contribution is -0.123. The summed E-state index contributed by atoms with van der Waals surface area (Å²) < 4.78 is 6.06. The van der Waals surface area contributed by atoms with Crippen molar-refractivity contribution in [3.8, 4) is 0 Å². The first-order chi connectivity index (χ1) is 13.5. The van der Waals surface area contributed by atoms with Crippen LogP contribution in [-0.2, 0) is 11.2 Å². The maximum absolute atomic E-state index is 13.0. The van der Waals surface area contributed by atoms with E-state index < -0.39 is 11.9 Å². The molecule has 0 fully saturated rings. The number of halogens is 1. The molecule has 3 aromatic rings. The molecule has 2 N–H and O–H groups in total. The molecule has 0 aliphatic heterocycles. The molecule has 0 bridgehead atoms. The highest BCUT2D eigenvalue weighted by Crippen LogP contribution is 2.22. The molecule has 5 nitrogen and oxygen atoms in total. The van der Waals surface area contributed by atoms with E-state index in [-0.39, 0.29) is 17.7 Å². The molecule has 0 aliphatic carbocycles. The van der Waals surface area contributed by atoms with Crippen molar-refractivity contribution in [3.05, 3.63) is 94.4 Å². The topological polar surface area (TPSA) is 71.3 Å². The van der Waals surface area contributed by atoms with Crippen LogP contribution >= 0.6 is 15.9 Å². The van der Waals surface area contributed by atoms with Gasteiger partial charge in [-0.1, -0.05) is 64.5 Å². The number of hydrogen-bond acceptors (Lipinski definition) is 3. The van der Waals surface area contributed by atoms with Crippen LogP contribution in [0.25, 0.3) is 0 Å². The summed E-state index contributed by atoms with van der Waals surface area (Å²) in [6, 6.07) is 19.5. The fourth-order valence-electron chi connectivity index (χ4n) is 2.91. The van der Waals surface area contributed by atoms with Crippen LogP contribution in [0.15, 0.2) is 81.9 Å². The zero-order valence-corrected chi connectivity index (χ0v) is 17.0. The van der Waals surface area contributed by atoms with E-state index in [0.29, 0.717) is 6.42 Å². The van der Waals surface area contributed by atoms with E-state index in [9.17, 15) is 9.59 Å². The van der Waals surface area contributed by atoms with Gasteiger partial charge < -0.3 is 15.1 Å². The molecule has 2 amide bonds. The zero-order chi connectivity index (χ0) is 19.9. The van der Waals surface area contributed by atoms with Crippen LogP contribution in [0, 0.1) is 0 Å². The summed E-state index contributed by atoms with van der Waals surface area (Å²) in [5.41, 5.74) is 1.92. The predicted octanol–water partition coefficient (Wildman–Crippen LogP) is 4.26. The normalized spacial score (nSPS) is 12.8. The Morgan fingerprint density at radius 3 is 2.36 bits per heavy atom. The molecule has 28 heavy (non-hydrogen) atoms. The van der Waals surface area contributed by atoms with Crippen molar-refractivity contribution in [1.82, 2.24) is 10.6 Å². The second-order valence-corrected chi connectivity index (χ2v) is 7.30. The first-order valence-corrected chi connectivity index (χ1v) is 9.77. The fourth-order valence-corrected chi connectivity index (χ4v) is 3.54. The Labute approximate surface area is 172 Å². The predicted molar refractivity (Wildman–Crippen MR) is 111 cm³/mol. The van der Waals surface area contributed by atoms with Crippen LogP contribution in [0.5, 0.6) is 0 Å². The van der Waals surface area contributed by atoms with Crippen LogP contribution in [0.3, 0.4) is 0 Å². The summed E-state index contributed by atoms with van der Waals surface area (Å²) in [5.74, 6) is -0.508. The smallest absolute Gasteiger partial charge is 0.287 e. The van der Waals surface area contributed by atoms with Gasteiger partial charge in [-0.15, -0.1) is 0 Å². The number of furan rings is 1. The average Bonchev–Trinajstić information content (AvgIpc) is 3.23. The van der Waals surface area contributed by atoms with Gasteiger partial charge in [0.25, 0.3) is 5.91 Å². The van der Waals surface area contributed by atoms with Gasteiger partial charge in [0.15, 0.2) is 5.76 Å². The summed E-state index contributed by atoms with van der Waals surface area (Å²) in [6.07, 6.45) is 1.80. The van der Waals surface area contributed by atoms with Crippen LogP contribution in [0.2, 0.25) is 0 Å². The van der Waals surface area contributed by atoms with Gasteiger partial charge in [-0.05, 0) is 36.2 Å². The molecule has 0 aliphatic rings.